The average molecular weight is 145 g/mol. The van der Waals surface area contributed by atoms with Gasteiger partial charge in [-0.25, -0.2) is 4.98 Å². The first-order chi connectivity index (χ1) is 5.38. The summed E-state index contributed by atoms with van der Waals surface area (Å²) in [5, 5.41) is 8.51. The van der Waals surface area contributed by atoms with E-state index in [1.165, 1.54) is 6.33 Å². The highest BCUT2D eigenvalue weighted by molar-refractivity contribution is 5.38. The highest BCUT2D eigenvalue weighted by Crippen LogP contribution is 1.97. The molecule has 0 radical (unpaired) electrons. The number of aromatic nitrogens is 2. The second-order valence-corrected chi connectivity index (χ2v) is 1.89. The molecule has 0 unspecified atom stereocenters. The molecule has 11 heavy (non-hydrogen) atoms. The molecule has 1 aromatic heterocycles. The number of H-pyrrole nitrogens is 1. The third-order valence-electron chi connectivity index (χ3n) is 1.14. The van der Waals surface area contributed by atoms with Crippen molar-refractivity contribution in [1.29, 1.82) is 5.26 Å². The predicted octanol–water partition coefficient (Wildman–Crippen LogP) is 1.04. The summed E-state index contributed by atoms with van der Waals surface area (Å²) in [7, 11) is 0. The van der Waals surface area contributed by atoms with Crippen LogP contribution in [0.25, 0.3) is 0 Å². The third kappa shape index (κ3) is 1.59. The molecule has 0 amide bonds. The van der Waals surface area contributed by atoms with Gasteiger partial charge in [0.05, 0.1) is 6.33 Å². The van der Waals surface area contributed by atoms with Gasteiger partial charge in [-0.15, -0.1) is 0 Å². The Morgan fingerprint density at radius 1 is 1.73 bits per heavy atom. The Hall–Kier alpha value is -1.74. The van der Waals surface area contributed by atoms with Gasteiger partial charge in [-0.1, -0.05) is 12.8 Å². The van der Waals surface area contributed by atoms with Crippen molar-refractivity contribution in [3.05, 3.63) is 17.7 Å². The van der Waals surface area contributed by atoms with Crippen LogP contribution in [0.3, 0.4) is 0 Å². The Labute approximate surface area is 65.1 Å². The van der Waals surface area contributed by atoms with Crippen molar-refractivity contribution in [2.75, 3.05) is 0 Å². The summed E-state index contributed by atoms with van der Waals surface area (Å²) in [5.74, 6) is 5.66. The van der Waals surface area contributed by atoms with Gasteiger partial charge in [0, 0.05) is 6.42 Å². The van der Waals surface area contributed by atoms with Crippen LogP contribution in [0.2, 0.25) is 0 Å². The van der Waals surface area contributed by atoms with E-state index >= 15 is 0 Å². The first-order valence-corrected chi connectivity index (χ1v) is 3.30. The van der Waals surface area contributed by atoms with E-state index in [1.807, 2.05) is 13.0 Å². The molecule has 1 aromatic rings. The summed E-state index contributed by atoms with van der Waals surface area (Å²) in [6.45, 7) is 1.95. The number of nitrogens with one attached hydrogen (secondary N) is 1. The lowest BCUT2D eigenvalue weighted by atomic mass is 10.3. The highest BCUT2D eigenvalue weighted by Gasteiger charge is 1.98. The number of rotatable bonds is 0. The molecular weight excluding hydrogens is 138 g/mol. The van der Waals surface area contributed by atoms with Crippen molar-refractivity contribution >= 4 is 0 Å². The number of nitriles is 1. The van der Waals surface area contributed by atoms with Crippen molar-refractivity contribution in [2.45, 2.75) is 13.3 Å². The minimum atomic E-state index is 0.367. The van der Waals surface area contributed by atoms with Gasteiger partial charge >= 0.3 is 0 Å². The zero-order valence-electron chi connectivity index (χ0n) is 6.18. The SMILES string of the molecule is CCC#Cc1[nH]cnc1C#N. The largest absolute Gasteiger partial charge is 0.337 e. The number of aromatic amines is 1. The Kier molecular flexibility index (Phi) is 2.30. The van der Waals surface area contributed by atoms with Crippen molar-refractivity contribution in [3.8, 4) is 17.9 Å². The fourth-order valence-electron chi connectivity index (χ4n) is 0.651. The van der Waals surface area contributed by atoms with E-state index in [4.69, 9.17) is 5.26 Å². The van der Waals surface area contributed by atoms with Gasteiger partial charge in [0.15, 0.2) is 5.69 Å². The van der Waals surface area contributed by atoms with Crippen LogP contribution in [0.1, 0.15) is 24.7 Å². The third-order valence-corrected chi connectivity index (χ3v) is 1.14. The van der Waals surface area contributed by atoms with E-state index in [-0.39, 0.29) is 0 Å². The number of imidazole rings is 1. The molecule has 0 fully saturated rings. The Morgan fingerprint density at radius 3 is 3.18 bits per heavy atom. The van der Waals surface area contributed by atoms with Gasteiger partial charge in [0.25, 0.3) is 0 Å². The van der Waals surface area contributed by atoms with Gasteiger partial charge in [0.1, 0.15) is 11.8 Å². The van der Waals surface area contributed by atoms with Crippen LogP contribution in [0.4, 0.5) is 0 Å². The summed E-state index contributed by atoms with van der Waals surface area (Å²) in [5.41, 5.74) is 0.973. The Balaban J connectivity index is 2.96. The lowest BCUT2D eigenvalue weighted by Crippen LogP contribution is -1.79. The first-order valence-electron chi connectivity index (χ1n) is 3.30. The quantitative estimate of drug-likeness (QED) is 0.554. The molecule has 0 bridgehead atoms. The molecule has 3 heteroatoms. The fourth-order valence-corrected chi connectivity index (χ4v) is 0.651. The maximum absolute atomic E-state index is 8.51. The van der Waals surface area contributed by atoms with Crippen molar-refractivity contribution < 1.29 is 0 Å². The lowest BCUT2D eigenvalue weighted by molar-refractivity contribution is 1.27. The fraction of sp³-hybridized carbons (Fsp3) is 0.250. The van der Waals surface area contributed by atoms with E-state index in [1.54, 1.807) is 0 Å². The molecule has 0 aliphatic carbocycles. The van der Waals surface area contributed by atoms with E-state index in [0.29, 0.717) is 11.4 Å². The molecular formula is C8H7N3. The molecule has 0 spiro atoms. The number of hydrogen-bond acceptors (Lipinski definition) is 2. The van der Waals surface area contributed by atoms with Gasteiger partial charge in [-0.05, 0) is 5.92 Å². The molecule has 0 aliphatic rings. The summed E-state index contributed by atoms with van der Waals surface area (Å²) in [6.07, 6.45) is 2.25. The van der Waals surface area contributed by atoms with Crippen LogP contribution < -0.4 is 0 Å². The van der Waals surface area contributed by atoms with Crippen LogP contribution in [0.15, 0.2) is 6.33 Å². The van der Waals surface area contributed by atoms with E-state index < -0.39 is 0 Å². The van der Waals surface area contributed by atoms with Gasteiger partial charge < -0.3 is 4.98 Å². The standard InChI is InChI=1S/C8H7N3/c1-2-3-4-7-8(5-9)11-6-10-7/h6H,2H2,1H3,(H,10,11). The predicted molar refractivity (Wildman–Crippen MR) is 40.5 cm³/mol. The summed E-state index contributed by atoms with van der Waals surface area (Å²) in [6, 6.07) is 1.94. The Bertz CT molecular complexity index is 332. The minimum absolute atomic E-state index is 0.367. The monoisotopic (exact) mass is 145 g/mol. The zero-order chi connectivity index (χ0) is 8.10. The maximum atomic E-state index is 8.51. The molecule has 0 aliphatic heterocycles. The molecule has 54 valence electrons. The van der Waals surface area contributed by atoms with Gasteiger partial charge in [-0.2, -0.15) is 5.26 Å². The van der Waals surface area contributed by atoms with Crippen molar-refractivity contribution in [3.63, 3.8) is 0 Å². The highest BCUT2D eigenvalue weighted by atomic mass is 14.9. The average Bonchev–Trinajstić information content (AvgIpc) is 2.47. The van der Waals surface area contributed by atoms with Crippen LogP contribution in [0.5, 0.6) is 0 Å². The topological polar surface area (TPSA) is 52.5 Å². The summed E-state index contributed by atoms with van der Waals surface area (Å²) >= 11 is 0. The number of nitrogens with zero attached hydrogens (tertiary/aromatic N) is 2. The smallest absolute Gasteiger partial charge is 0.174 e. The molecule has 1 rings (SSSR count). The molecule has 0 saturated carbocycles. The summed E-state index contributed by atoms with van der Waals surface area (Å²) in [4.78, 5) is 6.55. The van der Waals surface area contributed by atoms with E-state index in [9.17, 15) is 0 Å². The molecule has 1 N–H and O–H groups in total. The van der Waals surface area contributed by atoms with Crippen molar-refractivity contribution in [2.24, 2.45) is 0 Å². The van der Waals surface area contributed by atoms with Crippen LogP contribution >= 0.6 is 0 Å². The van der Waals surface area contributed by atoms with E-state index in [0.717, 1.165) is 6.42 Å². The number of hydrogen-bond donors (Lipinski definition) is 1. The van der Waals surface area contributed by atoms with Gasteiger partial charge in [0.2, 0.25) is 0 Å². The van der Waals surface area contributed by atoms with Gasteiger partial charge in [-0.3, -0.25) is 0 Å². The second-order valence-electron chi connectivity index (χ2n) is 1.89. The van der Waals surface area contributed by atoms with Crippen LogP contribution in [0, 0.1) is 23.2 Å². The normalized spacial score (nSPS) is 8.00. The molecule has 0 saturated heterocycles. The minimum Gasteiger partial charge on any atom is -0.337 e. The molecule has 1 heterocycles. The lowest BCUT2D eigenvalue weighted by Gasteiger charge is -1.79. The zero-order valence-corrected chi connectivity index (χ0v) is 6.18. The van der Waals surface area contributed by atoms with Crippen LogP contribution in [-0.4, -0.2) is 9.97 Å². The Morgan fingerprint density at radius 2 is 2.55 bits per heavy atom. The first kappa shape index (κ1) is 7.37. The summed E-state index contributed by atoms with van der Waals surface area (Å²) < 4.78 is 0. The molecule has 3 nitrogen and oxygen atoms in total. The maximum Gasteiger partial charge on any atom is 0.174 e. The second kappa shape index (κ2) is 3.43. The van der Waals surface area contributed by atoms with Crippen molar-refractivity contribution in [1.82, 2.24) is 9.97 Å². The molecule has 0 aromatic carbocycles. The molecule has 0 atom stereocenters. The van der Waals surface area contributed by atoms with Crippen LogP contribution in [-0.2, 0) is 0 Å². The van der Waals surface area contributed by atoms with E-state index in [2.05, 4.69) is 21.8 Å².